The first-order valence-corrected chi connectivity index (χ1v) is 6.81. The monoisotopic (exact) mass is 263 g/mol. The molecule has 20 heavy (non-hydrogen) atoms. The summed E-state index contributed by atoms with van der Waals surface area (Å²) in [6.45, 7) is 4.35. The lowest BCUT2D eigenvalue weighted by molar-refractivity contribution is 0.812. The van der Waals surface area contributed by atoms with Crippen molar-refractivity contribution in [1.29, 1.82) is 0 Å². The van der Waals surface area contributed by atoms with Crippen LogP contribution in [0.3, 0.4) is 0 Å². The third kappa shape index (κ3) is 2.23. The van der Waals surface area contributed by atoms with E-state index in [2.05, 4.69) is 41.2 Å². The first kappa shape index (κ1) is 12.6. The van der Waals surface area contributed by atoms with Crippen LogP contribution < -0.4 is 0 Å². The molecule has 2 heterocycles. The Morgan fingerprint density at radius 3 is 2.25 bits per heavy atom. The molecule has 0 bridgehead atoms. The van der Waals surface area contributed by atoms with Gasteiger partial charge in [0.25, 0.3) is 0 Å². The molecule has 0 amide bonds. The SMILES string of the molecule is CC(C)c1[nH]nc(-c2ccccc2)c1-c1ccncc1. The average molecular weight is 263 g/mol. The minimum Gasteiger partial charge on any atom is -0.281 e. The molecule has 3 rings (SSSR count). The van der Waals surface area contributed by atoms with Crippen molar-refractivity contribution in [1.82, 2.24) is 15.2 Å². The molecule has 1 N–H and O–H groups in total. The highest BCUT2D eigenvalue weighted by atomic mass is 15.1. The Bertz CT molecular complexity index is 685. The van der Waals surface area contributed by atoms with Crippen molar-refractivity contribution in [3.05, 3.63) is 60.6 Å². The molecule has 3 heteroatoms. The van der Waals surface area contributed by atoms with Gasteiger partial charge in [-0.05, 0) is 23.6 Å². The summed E-state index contributed by atoms with van der Waals surface area (Å²) in [6, 6.07) is 14.3. The molecular formula is C17H17N3. The fourth-order valence-corrected chi connectivity index (χ4v) is 2.39. The summed E-state index contributed by atoms with van der Waals surface area (Å²) in [6.07, 6.45) is 3.64. The number of hydrogen-bond acceptors (Lipinski definition) is 2. The summed E-state index contributed by atoms with van der Waals surface area (Å²) >= 11 is 0. The van der Waals surface area contributed by atoms with Crippen LogP contribution in [0.25, 0.3) is 22.4 Å². The lowest BCUT2D eigenvalue weighted by Crippen LogP contribution is -1.91. The van der Waals surface area contributed by atoms with Gasteiger partial charge in [-0.3, -0.25) is 10.1 Å². The molecule has 2 aromatic heterocycles. The predicted octanol–water partition coefficient (Wildman–Crippen LogP) is 4.26. The van der Waals surface area contributed by atoms with Crippen molar-refractivity contribution < 1.29 is 0 Å². The maximum atomic E-state index is 4.54. The largest absolute Gasteiger partial charge is 0.281 e. The van der Waals surface area contributed by atoms with Crippen LogP contribution in [0.1, 0.15) is 25.5 Å². The predicted molar refractivity (Wildman–Crippen MR) is 81.3 cm³/mol. The van der Waals surface area contributed by atoms with E-state index in [0.717, 1.165) is 22.5 Å². The number of benzene rings is 1. The molecule has 3 aromatic rings. The van der Waals surface area contributed by atoms with Crippen molar-refractivity contribution in [2.24, 2.45) is 0 Å². The average Bonchev–Trinajstić information content (AvgIpc) is 2.94. The summed E-state index contributed by atoms with van der Waals surface area (Å²) in [5.41, 5.74) is 5.61. The Balaban J connectivity index is 2.22. The van der Waals surface area contributed by atoms with Crippen molar-refractivity contribution in [2.45, 2.75) is 19.8 Å². The first-order chi connectivity index (χ1) is 9.77. The Kier molecular flexibility index (Phi) is 3.33. The van der Waals surface area contributed by atoms with E-state index in [1.807, 2.05) is 42.7 Å². The van der Waals surface area contributed by atoms with Gasteiger partial charge in [-0.25, -0.2) is 0 Å². The van der Waals surface area contributed by atoms with E-state index < -0.39 is 0 Å². The second kappa shape index (κ2) is 5.29. The molecule has 0 aliphatic rings. The lowest BCUT2D eigenvalue weighted by atomic mass is 9.95. The number of hydrogen-bond donors (Lipinski definition) is 1. The summed E-state index contributed by atoms with van der Waals surface area (Å²) in [5, 5.41) is 7.74. The van der Waals surface area contributed by atoms with Crippen LogP contribution in [0.2, 0.25) is 0 Å². The van der Waals surface area contributed by atoms with E-state index in [4.69, 9.17) is 0 Å². The molecular weight excluding hydrogens is 246 g/mol. The van der Waals surface area contributed by atoms with Crippen LogP contribution in [0.5, 0.6) is 0 Å². The highest BCUT2D eigenvalue weighted by molar-refractivity contribution is 5.82. The van der Waals surface area contributed by atoms with Gasteiger partial charge < -0.3 is 0 Å². The highest BCUT2D eigenvalue weighted by Crippen LogP contribution is 2.35. The summed E-state index contributed by atoms with van der Waals surface area (Å²) in [7, 11) is 0. The van der Waals surface area contributed by atoms with Crippen LogP contribution in [0.15, 0.2) is 54.9 Å². The van der Waals surface area contributed by atoms with Gasteiger partial charge >= 0.3 is 0 Å². The van der Waals surface area contributed by atoms with Crippen molar-refractivity contribution in [3.63, 3.8) is 0 Å². The zero-order chi connectivity index (χ0) is 13.9. The summed E-state index contributed by atoms with van der Waals surface area (Å²) in [4.78, 5) is 4.10. The molecule has 0 unspecified atom stereocenters. The normalized spacial score (nSPS) is 10.9. The number of aromatic nitrogens is 3. The number of pyridine rings is 1. The van der Waals surface area contributed by atoms with Gasteiger partial charge in [0, 0.05) is 29.2 Å². The minimum absolute atomic E-state index is 0.392. The van der Waals surface area contributed by atoms with Crippen LogP contribution in [0, 0.1) is 0 Å². The fourth-order valence-electron chi connectivity index (χ4n) is 2.39. The van der Waals surface area contributed by atoms with E-state index in [1.54, 1.807) is 0 Å². The molecule has 0 fully saturated rings. The molecule has 3 nitrogen and oxygen atoms in total. The maximum absolute atomic E-state index is 4.54. The van der Waals surface area contributed by atoms with Gasteiger partial charge in [0.05, 0.1) is 0 Å². The standard InChI is InChI=1S/C17H17N3/c1-12(2)16-15(13-8-10-18-11-9-13)17(20-19-16)14-6-4-3-5-7-14/h3-12H,1-2H3,(H,19,20). The zero-order valence-electron chi connectivity index (χ0n) is 11.7. The van der Waals surface area contributed by atoms with Crippen molar-refractivity contribution in [2.75, 3.05) is 0 Å². The molecule has 0 saturated heterocycles. The second-order valence-corrected chi connectivity index (χ2v) is 5.12. The van der Waals surface area contributed by atoms with Crippen LogP contribution >= 0.6 is 0 Å². The molecule has 100 valence electrons. The number of nitrogens with zero attached hydrogens (tertiary/aromatic N) is 2. The van der Waals surface area contributed by atoms with E-state index in [0.29, 0.717) is 5.92 Å². The third-order valence-electron chi connectivity index (χ3n) is 3.39. The molecule has 0 aliphatic carbocycles. The van der Waals surface area contributed by atoms with Crippen molar-refractivity contribution in [3.8, 4) is 22.4 Å². The number of rotatable bonds is 3. The van der Waals surface area contributed by atoms with Crippen LogP contribution in [-0.2, 0) is 0 Å². The smallest absolute Gasteiger partial charge is 0.100 e. The van der Waals surface area contributed by atoms with Gasteiger partial charge in [0.1, 0.15) is 5.69 Å². The Hall–Kier alpha value is -2.42. The van der Waals surface area contributed by atoms with E-state index in [-0.39, 0.29) is 0 Å². The first-order valence-electron chi connectivity index (χ1n) is 6.81. The molecule has 1 aromatic carbocycles. The van der Waals surface area contributed by atoms with Gasteiger partial charge in [0.15, 0.2) is 0 Å². The Labute approximate surface area is 118 Å². The fraction of sp³-hybridized carbons (Fsp3) is 0.176. The van der Waals surface area contributed by atoms with Crippen LogP contribution in [-0.4, -0.2) is 15.2 Å². The Morgan fingerprint density at radius 2 is 1.60 bits per heavy atom. The molecule has 0 spiro atoms. The Morgan fingerprint density at radius 1 is 0.900 bits per heavy atom. The minimum atomic E-state index is 0.392. The van der Waals surface area contributed by atoms with E-state index in [1.165, 1.54) is 5.56 Å². The van der Waals surface area contributed by atoms with Crippen LogP contribution in [0.4, 0.5) is 0 Å². The van der Waals surface area contributed by atoms with E-state index in [9.17, 15) is 0 Å². The molecule has 0 saturated carbocycles. The van der Waals surface area contributed by atoms with Crippen molar-refractivity contribution >= 4 is 0 Å². The summed E-state index contributed by atoms with van der Waals surface area (Å²) in [5.74, 6) is 0.392. The number of H-pyrrole nitrogens is 1. The maximum Gasteiger partial charge on any atom is 0.100 e. The number of nitrogens with one attached hydrogen (secondary N) is 1. The molecule has 0 radical (unpaired) electrons. The second-order valence-electron chi connectivity index (χ2n) is 5.12. The number of aromatic amines is 1. The van der Waals surface area contributed by atoms with Gasteiger partial charge in [-0.1, -0.05) is 44.2 Å². The lowest BCUT2D eigenvalue weighted by Gasteiger charge is -2.08. The quantitative estimate of drug-likeness (QED) is 0.767. The topological polar surface area (TPSA) is 41.6 Å². The zero-order valence-corrected chi connectivity index (χ0v) is 11.7. The van der Waals surface area contributed by atoms with Gasteiger partial charge in [-0.15, -0.1) is 0 Å². The van der Waals surface area contributed by atoms with Gasteiger partial charge in [0.2, 0.25) is 0 Å². The van der Waals surface area contributed by atoms with E-state index >= 15 is 0 Å². The third-order valence-corrected chi connectivity index (χ3v) is 3.39. The molecule has 0 atom stereocenters. The highest BCUT2D eigenvalue weighted by Gasteiger charge is 2.18. The molecule has 0 aliphatic heterocycles. The van der Waals surface area contributed by atoms with Gasteiger partial charge in [-0.2, -0.15) is 5.10 Å². The summed E-state index contributed by atoms with van der Waals surface area (Å²) < 4.78 is 0.